The minimum atomic E-state index is -0.906. The number of aliphatic carboxylic acids is 1. The Morgan fingerprint density at radius 1 is 1.11 bits per heavy atom. The fourth-order valence-electron chi connectivity index (χ4n) is 6.26. The number of nitrogens with one attached hydrogen (secondary N) is 2. The molecule has 4 aliphatic rings. The van der Waals surface area contributed by atoms with Crippen LogP contribution in [0.3, 0.4) is 0 Å². The second kappa shape index (κ2) is 8.01. The molecule has 0 radical (unpaired) electrons. The van der Waals surface area contributed by atoms with Gasteiger partial charge in [-0.1, -0.05) is 0 Å². The highest BCUT2D eigenvalue weighted by molar-refractivity contribution is 5.96. The lowest BCUT2D eigenvalue weighted by Gasteiger charge is -2.47. The van der Waals surface area contributed by atoms with Gasteiger partial charge in [-0.2, -0.15) is 5.26 Å². The van der Waals surface area contributed by atoms with Gasteiger partial charge in [-0.15, -0.1) is 0 Å². The van der Waals surface area contributed by atoms with Crippen molar-refractivity contribution in [2.24, 2.45) is 17.8 Å². The number of hydrogen-bond donors (Lipinski definition) is 3. The third-order valence-corrected chi connectivity index (χ3v) is 8.04. The second-order valence-electron chi connectivity index (χ2n) is 10.0. The minimum Gasteiger partial charge on any atom is -0.481 e. The molecule has 35 heavy (non-hydrogen) atoms. The Morgan fingerprint density at radius 2 is 1.83 bits per heavy atom. The number of carbonyl (C=O) groups is 1. The third kappa shape index (κ3) is 3.46. The van der Waals surface area contributed by atoms with E-state index in [1.54, 1.807) is 0 Å². The van der Waals surface area contributed by atoms with Crippen molar-refractivity contribution in [1.29, 1.82) is 5.26 Å². The number of H-pyrrole nitrogens is 1. The van der Waals surface area contributed by atoms with Crippen molar-refractivity contribution >= 4 is 22.7 Å². The van der Waals surface area contributed by atoms with E-state index in [2.05, 4.69) is 21.4 Å². The molecule has 2 aromatic heterocycles. The number of anilines is 1. The molecule has 3 N–H and O–H groups in total. The molecule has 6 nitrogen and oxygen atoms in total. The Bertz CT molecular complexity index is 1400. The predicted octanol–water partition coefficient (Wildman–Crippen LogP) is 5.70. The molecule has 7 rings (SSSR count). The van der Waals surface area contributed by atoms with Gasteiger partial charge in [0, 0.05) is 34.8 Å². The van der Waals surface area contributed by atoms with Crippen LogP contribution in [0.1, 0.15) is 55.6 Å². The number of carboxylic acids is 1. The SMILES string of the molecule is N#Cc1c(-c2c[nH]c3c(F)cc(F)cc23)nc(N[C@H]2C3CCC(CC3)[C@@H]2C(=O)O)c(F)c1C1CC1. The van der Waals surface area contributed by atoms with Crippen LogP contribution in [0.4, 0.5) is 19.0 Å². The van der Waals surface area contributed by atoms with Crippen LogP contribution in [0.25, 0.3) is 22.2 Å². The highest BCUT2D eigenvalue weighted by Gasteiger charge is 2.48. The fraction of sp³-hybridized carbons (Fsp3) is 0.423. The van der Waals surface area contributed by atoms with E-state index in [4.69, 9.17) is 0 Å². The van der Waals surface area contributed by atoms with Crippen LogP contribution in [-0.4, -0.2) is 27.1 Å². The van der Waals surface area contributed by atoms with Gasteiger partial charge in [0.1, 0.15) is 17.7 Å². The molecule has 0 aliphatic heterocycles. The summed E-state index contributed by atoms with van der Waals surface area (Å²) in [6.45, 7) is 0. The van der Waals surface area contributed by atoms with Gasteiger partial charge < -0.3 is 15.4 Å². The lowest BCUT2D eigenvalue weighted by molar-refractivity contribution is -0.148. The molecule has 0 amide bonds. The summed E-state index contributed by atoms with van der Waals surface area (Å²) in [5.74, 6) is -3.90. The summed E-state index contributed by atoms with van der Waals surface area (Å²) >= 11 is 0. The summed E-state index contributed by atoms with van der Waals surface area (Å²) in [6, 6.07) is 3.50. The van der Waals surface area contributed by atoms with Gasteiger partial charge in [-0.3, -0.25) is 4.79 Å². The van der Waals surface area contributed by atoms with E-state index < -0.39 is 35.4 Å². The molecule has 4 fully saturated rings. The van der Waals surface area contributed by atoms with Gasteiger partial charge in [-0.25, -0.2) is 18.2 Å². The van der Waals surface area contributed by atoms with E-state index in [1.165, 1.54) is 6.20 Å². The zero-order chi connectivity index (χ0) is 24.4. The number of aromatic nitrogens is 2. The normalized spacial score (nSPS) is 25.5. The minimum absolute atomic E-state index is 0.0263. The van der Waals surface area contributed by atoms with Crippen molar-refractivity contribution in [1.82, 2.24) is 9.97 Å². The highest BCUT2D eigenvalue weighted by Crippen LogP contribution is 2.49. The third-order valence-electron chi connectivity index (χ3n) is 8.04. The lowest BCUT2D eigenvalue weighted by atomic mass is 9.61. The van der Waals surface area contributed by atoms with Crippen molar-refractivity contribution in [2.45, 2.75) is 50.5 Å². The first-order valence-corrected chi connectivity index (χ1v) is 12.0. The van der Waals surface area contributed by atoms with E-state index in [9.17, 15) is 23.9 Å². The topological polar surface area (TPSA) is 102 Å². The van der Waals surface area contributed by atoms with Gasteiger partial charge in [0.25, 0.3) is 0 Å². The van der Waals surface area contributed by atoms with Crippen LogP contribution < -0.4 is 5.32 Å². The maximum Gasteiger partial charge on any atom is 0.308 e. The van der Waals surface area contributed by atoms with E-state index in [-0.39, 0.29) is 51.3 Å². The van der Waals surface area contributed by atoms with Crippen molar-refractivity contribution in [2.75, 3.05) is 5.32 Å². The van der Waals surface area contributed by atoms with Crippen LogP contribution in [0.15, 0.2) is 18.3 Å². The van der Waals surface area contributed by atoms with Gasteiger partial charge in [0.05, 0.1) is 22.7 Å². The highest BCUT2D eigenvalue weighted by atomic mass is 19.1. The molecular weight excluding hydrogens is 457 g/mol. The Kier molecular flexibility index (Phi) is 5.02. The van der Waals surface area contributed by atoms with Crippen molar-refractivity contribution in [3.05, 3.63) is 46.9 Å². The summed E-state index contributed by atoms with van der Waals surface area (Å²) in [5, 5.41) is 23.2. The molecular formula is C26H23F3N4O2. The number of aromatic amines is 1. The monoisotopic (exact) mass is 480 g/mol. The smallest absolute Gasteiger partial charge is 0.308 e. The molecule has 2 heterocycles. The van der Waals surface area contributed by atoms with Crippen LogP contribution in [0.2, 0.25) is 0 Å². The molecule has 1 aromatic carbocycles. The second-order valence-corrected chi connectivity index (χ2v) is 10.0. The van der Waals surface area contributed by atoms with Crippen LogP contribution >= 0.6 is 0 Å². The molecule has 180 valence electrons. The molecule has 2 atom stereocenters. The number of nitrogens with zero attached hydrogens (tertiary/aromatic N) is 2. The number of benzene rings is 1. The number of rotatable bonds is 5. The Hall–Kier alpha value is -3.54. The van der Waals surface area contributed by atoms with Crippen molar-refractivity contribution in [3.63, 3.8) is 0 Å². The zero-order valence-corrected chi connectivity index (χ0v) is 18.7. The molecule has 0 saturated heterocycles. The number of fused-ring (bicyclic) bond motifs is 4. The molecule has 4 aliphatic carbocycles. The number of nitriles is 1. The average Bonchev–Trinajstić information content (AvgIpc) is 3.59. The number of pyridine rings is 1. The van der Waals surface area contributed by atoms with Gasteiger partial charge >= 0.3 is 5.97 Å². The zero-order valence-electron chi connectivity index (χ0n) is 18.7. The summed E-state index contributed by atoms with van der Waals surface area (Å²) in [4.78, 5) is 19.4. The van der Waals surface area contributed by atoms with Crippen LogP contribution in [0.5, 0.6) is 0 Å². The first-order valence-electron chi connectivity index (χ1n) is 12.0. The molecule has 0 unspecified atom stereocenters. The molecule has 3 aromatic rings. The van der Waals surface area contributed by atoms with E-state index >= 15 is 4.39 Å². The summed E-state index contributed by atoms with van der Waals surface area (Å²) in [7, 11) is 0. The molecule has 4 saturated carbocycles. The maximum atomic E-state index is 15.8. The van der Waals surface area contributed by atoms with Crippen molar-refractivity contribution in [3.8, 4) is 17.3 Å². The van der Waals surface area contributed by atoms with Gasteiger partial charge in [0.15, 0.2) is 11.6 Å². The van der Waals surface area contributed by atoms with E-state index in [0.29, 0.717) is 5.56 Å². The van der Waals surface area contributed by atoms with E-state index in [1.807, 2.05) is 0 Å². The van der Waals surface area contributed by atoms with Gasteiger partial charge in [-0.05, 0) is 62.3 Å². The molecule has 2 bridgehead atoms. The maximum absolute atomic E-state index is 15.8. The lowest BCUT2D eigenvalue weighted by Crippen LogP contribution is -2.51. The average molecular weight is 480 g/mol. The summed E-state index contributed by atoms with van der Waals surface area (Å²) in [5.41, 5.74) is 0.761. The number of halogens is 3. The van der Waals surface area contributed by atoms with Gasteiger partial charge in [0.2, 0.25) is 0 Å². The van der Waals surface area contributed by atoms with Crippen LogP contribution in [0, 0.1) is 46.5 Å². The molecule has 9 heteroatoms. The Labute approximate surface area is 199 Å². The quantitative estimate of drug-likeness (QED) is 0.435. The first-order chi connectivity index (χ1) is 16.9. The molecule has 0 spiro atoms. The largest absolute Gasteiger partial charge is 0.481 e. The summed E-state index contributed by atoms with van der Waals surface area (Å²) in [6.07, 6.45) is 6.30. The van der Waals surface area contributed by atoms with Crippen molar-refractivity contribution < 1.29 is 23.1 Å². The predicted molar refractivity (Wildman–Crippen MR) is 122 cm³/mol. The fourth-order valence-corrected chi connectivity index (χ4v) is 6.26. The van der Waals surface area contributed by atoms with Crippen LogP contribution in [-0.2, 0) is 4.79 Å². The first kappa shape index (κ1) is 22.0. The summed E-state index contributed by atoms with van der Waals surface area (Å²) < 4.78 is 44.3. The Morgan fingerprint density at radius 3 is 2.49 bits per heavy atom. The van der Waals surface area contributed by atoms with E-state index in [0.717, 1.165) is 50.7 Å². The standard InChI is InChI=1S/C26H23F3N4O2/c27-14-7-15-17(10-31-24(15)18(28)8-14)23-16(9-30)19(11-1-2-11)21(29)25(33-23)32-22-13-5-3-12(4-6-13)20(22)26(34)35/h7-8,10-13,20,22,31H,1-6H2,(H,32,33)(H,34,35)/t12?,13?,20-,22-/m0/s1. The number of carboxylic acid groups (broad SMARTS) is 1. The number of hydrogen-bond acceptors (Lipinski definition) is 4. The Balaban J connectivity index is 1.52.